The number of ether oxygens (including phenoxy) is 1. The van der Waals surface area contributed by atoms with Crippen molar-refractivity contribution in [3.05, 3.63) is 69.8 Å². The van der Waals surface area contributed by atoms with Crippen molar-refractivity contribution in [2.45, 2.75) is 79.1 Å². The third-order valence-electron chi connectivity index (χ3n) is 5.43. The summed E-state index contributed by atoms with van der Waals surface area (Å²) in [6, 6.07) is 11.3. The summed E-state index contributed by atoms with van der Waals surface area (Å²) < 4.78 is 5.19. The van der Waals surface area contributed by atoms with Gasteiger partial charge < -0.3 is 4.74 Å². The molecule has 0 spiro atoms. The number of carbonyl (C=O) groups is 2. The molecule has 0 atom stereocenters. The standard InChI is InChI=1S/C26H34O3/c1-5-9-11-21-13-15-23(17-19(21)7-3)25(27)29-26(28)24-16-14-22(12-10-6-2)20(8-4)18-24/h13-18H,5-12H2,1-4H3. The van der Waals surface area contributed by atoms with E-state index in [4.69, 9.17) is 4.74 Å². The molecule has 0 aromatic heterocycles. The predicted octanol–water partition coefficient (Wildman–Crippen LogP) is 6.49. The fourth-order valence-electron chi connectivity index (χ4n) is 3.59. The average molecular weight is 395 g/mol. The zero-order valence-corrected chi connectivity index (χ0v) is 18.3. The molecule has 0 unspecified atom stereocenters. The van der Waals surface area contributed by atoms with Crippen LogP contribution in [0.15, 0.2) is 36.4 Å². The van der Waals surface area contributed by atoms with Gasteiger partial charge >= 0.3 is 11.9 Å². The van der Waals surface area contributed by atoms with Crippen LogP contribution in [0.25, 0.3) is 0 Å². The van der Waals surface area contributed by atoms with Crippen LogP contribution in [0.3, 0.4) is 0 Å². The molecule has 156 valence electrons. The van der Waals surface area contributed by atoms with E-state index in [1.54, 1.807) is 12.1 Å². The lowest BCUT2D eigenvalue weighted by Gasteiger charge is -2.11. The van der Waals surface area contributed by atoms with E-state index >= 15 is 0 Å². The molecular weight excluding hydrogens is 360 g/mol. The van der Waals surface area contributed by atoms with Crippen LogP contribution >= 0.6 is 0 Å². The maximum atomic E-state index is 12.5. The second-order valence-electron chi connectivity index (χ2n) is 7.56. The van der Waals surface area contributed by atoms with Gasteiger partial charge in [0.1, 0.15) is 0 Å². The molecule has 0 N–H and O–H groups in total. The summed E-state index contributed by atoms with van der Waals surface area (Å²) in [5, 5.41) is 0. The molecule has 0 aliphatic carbocycles. The van der Waals surface area contributed by atoms with Gasteiger partial charge in [-0.3, -0.25) is 0 Å². The largest absolute Gasteiger partial charge is 0.386 e. The Labute approximate surface area is 175 Å². The highest BCUT2D eigenvalue weighted by molar-refractivity contribution is 6.02. The first-order valence-electron chi connectivity index (χ1n) is 11.0. The summed E-state index contributed by atoms with van der Waals surface area (Å²) in [4.78, 5) is 25.1. The Hall–Kier alpha value is -2.42. The van der Waals surface area contributed by atoms with Crippen LogP contribution in [0.2, 0.25) is 0 Å². The Balaban J connectivity index is 2.13. The van der Waals surface area contributed by atoms with Gasteiger partial charge in [0.2, 0.25) is 0 Å². The Bertz CT molecular complexity index is 766. The van der Waals surface area contributed by atoms with Gasteiger partial charge in [0.25, 0.3) is 0 Å². The van der Waals surface area contributed by atoms with E-state index in [-0.39, 0.29) is 0 Å². The SMILES string of the molecule is CCCCc1ccc(C(=O)OC(=O)c2ccc(CCCC)c(CC)c2)cc1CC. The van der Waals surface area contributed by atoms with Gasteiger partial charge in [-0.15, -0.1) is 0 Å². The molecule has 3 heteroatoms. The number of benzene rings is 2. The number of rotatable bonds is 10. The van der Waals surface area contributed by atoms with Gasteiger partial charge in [-0.05, 0) is 85.0 Å². The zero-order valence-electron chi connectivity index (χ0n) is 18.3. The minimum Gasteiger partial charge on any atom is -0.386 e. The molecule has 3 nitrogen and oxygen atoms in total. The summed E-state index contributed by atoms with van der Waals surface area (Å²) >= 11 is 0. The Morgan fingerprint density at radius 2 is 1.07 bits per heavy atom. The molecule has 0 amide bonds. The molecule has 0 heterocycles. The smallest absolute Gasteiger partial charge is 0.346 e. The molecule has 2 rings (SSSR count). The van der Waals surface area contributed by atoms with Gasteiger partial charge in [-0.25, -0.2) is 9.59 Å². The first-order chi connectivity index (χ1) is 14.0. The van der Waals surface area contributed by atoms with E-state index in [9.17, 15) is 9.59 Å². The molecule has 0 aliphatic rings. The Morgan fingerprint density at radius 1 is 0.655 bits per heavy atom. The minimum absolute atomic E-state index is 0.436. The maximum absolute atomic E-state index is 12.5. The van der Waals surface area contributed by atoms with Crippen LogP contribution in [0, 0.1) is 0 Å². The Kier molecular flexibility index (Phi) is 9.11. The molecular formula is C26H34O3. The number of esters is 2. The van der Waals surface area contributed by atoms with Crippen molar-refractivity contribution in [2.75, 3.05) is 0 Å². The highest BCUT2D eigenvalue weighted by atomic mass is 16.6. The lowest BCUT2D eigenvalue weighted by molar-refractivity contribution is 0.0397. The fourth-order valence-corrected chi connectivity index (χ4v) is 3.59. The van der Waals surface area contributed by atoms with Crippen molar-refractivity contribution in [1.82, 2.24) is 0 Å². The number of aryl methyl sites for hydroxylation is 4. The van der Waals surface area contributed by atoms with E-state index in [0.717, 1.165) is 62.5 Å². The van der Waals surface area contributed by atoms with Gasteiger partial charge in [0.15, 0.2) is 0 Å². The molecule has 29 heavy (non-hydrogen) atoms. The van der Waals surface area contributed by atoms with Gasteiger partial charge in [-0.1, -0.05) is 52.7 Å². The van der Waals surface area contributed by atoms with Crippen LogP contribution < -0.4 is 0 Å². The lowest BCUT2D eigenvalue weighted by Crippen LogP contribution is -2.14. The topological polar surface area (TPSA) is 43.4 Å². The van der Waals surface area contributed by atoms with Crippen LogP contribution in [-0.2, 0) is 30.4 Å². The molecule has 0 fully saturated rings. The fraction of sp³-hybridized carbons (Fsp3) is 0.462. The normalized spacial score (nSPS) is 10.8. The quantitative estimate of drug-likeness (QED) is 0.341. The van der Waals surface area contributed by atoms with Crippen molar-refractivity contribution in [2.24, 2.45) is 0 Å². The average Bonchev–Trinajstić information content (AvgIpc) is 2.75. The van der Waals surface area contributed by atoms with Crippen LogP contribution in [0.4, 0.5) is 0 Å². The molecule has 0 aliphatic heterocycles. The zero-order chi connectivity index (χ0) is 21.2. The van der Waals surface area contributed by atoms with Crippen LogP contribution in [0.5, 0.6) is 0 Å². The van der Waals surface area contributed by atoms with Crippen molar-refractivity contribution >= 4 is 11.9 Å². The molecule has 0 saturated heterocycles. The number of hydrogen-bond acceptors (Lipinski definition) is 3. The number of unbranched alkanes of at least 4 members (excludes halogenated alkanes) is 2. The number of hydrogen-bond donors (Lipinski definition) is 0. The molecule has 2 aromatic rings. The van der Waals surface area contributed by atoms with Crippen LogP contribution in [0.1, 0.15) is 96.3 Å². The van der Waals surface area contributed by atoms with E-state index in [1.807, 2.05) is 24.3 Å². The third-order valence-corrected chi connectivity index (χ3v) is 5.43. The van der Waals surface area contributed by atoms with E-state index in [1.165, 1.54) is 11.1 Å². The predicted molar refractivity (Wildman–Crippen MR) is 119 cm³/mol. The summed E-state index contributed by atoms with van der Waals surface area (Å²) in [5.74, 6) is -1.17. The van der Waals surface area contributed by atoms with Gasteiger partial charge in [0, 0.05) is 0 Å². The summed E-state index contributed by atoms with van der Waals surface area (Å²) in [6.45, 7) is 8.50. The summed E-state index contributed by atoms with van der Waals surface area (Å²) in [5.41, 5.74) is 5.71. The molecule has 2 aromatic carbocycles. The summed E-state index contributed by atoms with van der Waals surface area (Å²) in [7, 11) is 0. The van der Waals surface area contributed by atoms with Gasteiger partial charge in [0.05, 0.1) is 11.1 Å². The lowest BCUT2D eigenvalue weighted by atomic mass is 9.97. The monoisotopic (exact) mass is 394 g/mol. The molecule has 0 bridgehead atoms. The van der Waals surface area contributed by atoms with Crippen molar-refractivity contribution in [3.63, 3.8) is 0 Å². The maximum Gasteiger partial charge on any atom is 0.346 e. The van der Waals surface area contributed by atoms with Gasteiger partial charge in [-0.2, -0.15) is 0 Å². The second kappa shape index (κ2) is 11.5. The number of carbonyl (C=O) groups excluding carboxylic acids is 2. The minimum atomic E-state index is -0.583. The first-order valence-corrected chi connectivity index (χ1v) is 11.0. The van der Waals surface area contributed by atoms with Crippen molar-refractivity contribution < 1.29 is 14.3 Å². The van der Waals surface area contributed by atoms with E-state index < -0.39 is 11.9 Å². The van der Waals surface area contributed by atoms with Crippen LogP contribution in [-0.4, -0.2) is 11.9 Å². The van der Waals surface area contributed by atoms with E-state index in [2.05, 4.69) is 27.7 Å². The first kappa shape index (κ1) is 22.9. The van der Waals surface area contributed by atoms with Crippen molar-refractivity contribution in [3.8, 4) is 0 Å². The summed E-state index contributed by atoms with van der Waals surface area (Å²) in [6.07, 6.45) is 8.26. The molecule has 0 saturated carbocycles. The Morgan fingerprint density at radius 3 is 1.41 bits per heavy atom. The molecule has 0 radical (unpaired) electrons. The highest BCUT2D eigenvalue weighted by Crippen LogP contribution is 2.19. The highest BCUT2D eigenvalue weighted by Gasteiger charge is 2.17. The van der Waals surface area contributed by atoms with Crippen molar-refractivity contribution in [1.29, 1.82) is 0 Å². The van der Waals surface area contributed by atoms with E-state index in [0.29, 0.717) is 11.1 Å². The third kappa shape index (κ3) is 6.28. The second-order valence-corrected chi connectivity index (χ2v) is 7.56.